The van der Waals surface area contributed by atoms with Crippen LogP contribution in [0, 0.1) is 5.92 Å². The molecule has 1 aliphatic carbocycles. The van der Waals surface area contributed by atoms with Crippen LogP contribution in [0.2, 0.25) is 0 Å². The van der Waals surface area contributed by atoms with Gasteiger partial charge in [-0.3, -0.25) is 4.79 Å². The highest BCUT2D eigenvalue weighted by Crippen LogP contribution is 2.48. The van der Waals surface area contributed by atoms with E-state index in [1.54, 1.807) is 16.8 Å². The summed E-state index contributed by atoms with van der Waals surface area (Å²) in [4.78, 5) is 34.1. The van der Waals surface area contributed by atoms with Gasteiger partial charge in [0.1, 0.15) is 23.6 Å². The van der Waals surface area contributed by atoms with Crippen LogP contribution in [0.4, 0.5) is 16.3 Å². The number of nitrogen functional groups attached to an aromatic ring is 1. The molecule has 4 aromatic rings. The fourth-order valence-corrected chi connectivity index (χ4v) is 5.61. The third kappa shape index (κ3) is 5.13. The molecule has 212 valence electrons. The molecule has 12 nitrogen and oxygen atoms in total. The molecular weight excluding hydrogens is 526 g/mol. The van der Waals surface area contributed by atoms with Gasteiger partial charge in [-0.25, -0.2) is 19.4 Å². The third-order valence-corrected chi connectivity index (χ3v) is 8.06. The van der Waals surface area contributed by atoms with Crippen molar-refractivity contribution >= 4 is 34.5 Å². The Balaban J connectivity index is 1.26. The van der Waals surface area contributed by atoms with Crippen LogP contribution in [0.1, 0.15) is 30.7 Å². The van der Waals surface area contributed by atoms with Crippen LogP contribution in [-0.2, 0) is 11.3 Å². The zero-order valence-electron chi connectivity index (χ0n) is 22.5. The molecule has 6 rings (SSSR count). The average molecular weight is 558 g/mol. The lowest BCUT2D eigenvalue weighted by Crippen LogP contribution is -2.48. The highest BCUT2D eigenvalue weighted by atomic mass is 16.5. The van der Waals surface area contributed by atoms with Crippen molar-refractivity contribution in [3.63, 3.8) is 0 Å². The number of piperidine rings is 1. The van der Waals surface area contributed by atoms with E-state index >= 15 is 0 Å². The molecule has 2 amide bonds. The Morgan fingerprint density at radius 3 is 2.61 bits per heavy atom. The summed E-state index contributed by atoms with van der Waals surface area (Å²) in [7, 11) is 1.53. The first kappa shape index (κ1) is 26.5. The number of hydrogen-bond acceptors (Lipinski definition) is 8. The number of aromatic nitrogens is 4. The number of aliphatic hydroxyl groups is 1. The maximum absolute atomic E-state index is 13.0. The topological polar surface area (TPSA) is 169 Å². The smallest absolute Gasteiger partial charge is 0.407 e. The van der Waals surface area contributed by atoms with Gasteiger partial charge in [0.25, 0.3) is 0 Å². The summed E-state index contributed by atoms with van der Waals surface area (Å²) in [6, 6.07) is 15.4. The van der Waals surface area contributed by atoms with Gasteiger partial charge in [-0.15, -0.1) is 0 Å². The molecule has 0 bridgehead atoms. The first-order valence-electron chi connectivity index (χ1n) is 13.5. The molecule has 3 heterocycles. The van der Waals surface area contributed by atoms with E-state index < -0.39 is 11.7 Å². The lowest BCUT2D eigenvalue weighted by Gasteiger charge is -2.36. The SMILES string of the molecule is COc1cc(-c2nn(CC3(O)CCN(C(=O)O)CC3)c3ncnc(N)c23)ccc1NC(=O)C1CC1c1ccccc1. The van der Waals surface area contributed by atoms with E-state index in [2.05, 4.69) is 15.3 Å². The summed E-state index contributed by atoms with van der Waals surface area (Å²) >= 11 is 0. The summed E-state index contributed by atoms with van der Waals surface area (Å²) in [5.41, 5.74) is 8.45. The molecule has 1 aliphatic heterocycles. The molecule has 1 saturated heterocycles. The fraction of sp³-hybridized carbons (Fsp3) is 0.345. The zero-order chi connectivity index (χ0) is 28.7. The van der Waals surface area contributed by atoms with E-state index in [-0.39, 0.29) is 56.0 Å². The number of likely N-dealkylation sites (tertiary alicyclic amines) is 1. The second-order valence-electron chi connectivity index (χ2n) is 10.7. The van der Waals surface area contributed by atoms with Crippen molar-refractivity contribution in [3.8, 4) is 17.0 Å². The van der Waals surface area contributed by atoms with Crippen molar-refractivity contribution in [1.82, 2.24) is 24.6 Å². The van der Waals surface area contributed by atoms with Gasteiger partial charge in [-0.2, -0.15) is 5.10 Å². The Hall–Kier alpha value is -4.71. The predicted octanol–water partition coefficient (Wildman–Crippen LogP) is 3.33. The van der Waals surface area contributed by atoms with Crippen LogP contribution in [0.15, 0.2) is 54.9 Å². The number of carbonyl (C=O) groups excluding carboxylic acids is 1. The number of carboxylic acid groups (broad SMARTS) is 1. The summed E-state index contributed by atoms with van der Waals surface area (Å²) < 4.78 is 7.23. The maximum atomic E-state index is 13.0. The minimum atomic E-state index is -1.16. The molecule has 5 N–H and O–H groups in total. The molecule has 2 atom stereocenters. The Kier molecular flexibility index (Phi) is 6.70. The van der Waals surface area contributed by atoms with E-state index in [9.17, 15) is 19.8 Å². The lowest BCUT2D eigenvalue weighted by atomic mass is 9.91. The molecule has 2 aromatic heterocycles. The number of benzene rings is 2. The second kappa shape index (κ2) is 10.4. The van der Waals surface area contributed by atoms with E-state index in [4.69, 9.17) is 15.6 Å². The lowest BCUT2D eigenvalue weighted by molar-refractivity contribution is -0.117. The number of amides is 2. The van der Waals surface area contributed by atoms with Crippen LogP contribution in [0.25, 0.3) is 22.3 Å². The minimum Gasteiger partial charge on any atom is -0.495 e. The molecule has 12 heteroatoms. The first-order valence-corrected chi connectivity index (χ1v) is 13.5. The molecule has 2 aromatic carbocycles. The molecule has 0 radical (unpaired) electrons. The quantitative estimate of drug-likeness (QED) is 0.266. The van der Waals surface area contributed by atoms with Gasteiger partial charge in [-0.1, -0.05) is 36.4 Å². The number of anilines is 2. The van der Waals surface area contributed by atoms with Gasteiger partial charge in [-0.05, 0) is 42.9 Å². The highest BCUT2D eigenvalue weighted by Gasteiger charge is 2.44. The summed E-state index contributed by atoms with van der Waals surface area (Å²) in [5.74, 6) is 0.767. The monoisotopic (exact) mass is 557 g/mol. The first-order chi connectivity index (χ1) is 19.8. The predicted molar refractivity (Wildman–Crippen MR) is 151 cm³/mol. The number of ether oxygens (including phenoxy) is 1. The molecule has 2 aliphatic rings. The fourth-order valence-electron chi connectivity index (χ4n) is 5.61. The van der Waals surface area contributed by atoms with Crippen molar-refractivity contribution in [2.45, 2.75) is 37.3 Å². The number of carbonyl (C=O) groups is 2. The third-order valence-electron chi connectivity index (χ3n) is 8.06. The number of nitrogens with one attached hydrogen (secondary N) is 1. The molecular formula is C29H31N7O5. The summed E-state index contributed by atoms with van der Waals surface area (Å²) in [6.45, 7) is 0.571. The van der Waals surface area contributed by atoms with Gasteiger partial charge in [0.2, 0.25) is 5.91 Å². The zero-order valence-corrected chi connectivity index (χ0v) is 22.5. The van der Waals surface area contributed by atoms with Crippen molar-refractivity contribution < 1.29 is 24.5 Å². The molecule has 41 heavy (non-hydrogen) atoms. The molecule has 2 unspecified atom stereocenters. The van der Waals surface area contributed by atoms with Crippen molar-refractivity contribution in [1.29, 1.82) is 0 Å². The van der Waals surface area contributed by atoms with Crippen LogP contribution >= 0.6 is 0 Å². The maximum Gasteiger partial charge on any atom is 0.407 e. The number of nitrogens with two attached hydrogens (primary N) is 1. The molecule has 0 spiro atoms. The van der Waals surface area contributed by atoms with Crippen LogP contribution in [-0.4, -0.2) is 72.7 Å². The Labute approximate surface area is 235 Å². The van der Waals surface area contributed by atoms with Gasteiger partial charge in [0.15, 0.2) is 5.65 Å². The number of rotatable bonds is 7. The van der Waals surface area contributed by atoms with E-state index in [0.717, 1.165) is 12.0 Å². The number of methoxy groups -OCH3 is 1. The molecule has 1 saturated carbocycles. The highest BCUT2D eigenvalue weighted by molar-refractivity contribution is 6.00. The number of nitrogens with zero attached hydrogens (tertiary/aromatic N) is 5. The van der Waals surface area contributed by atoms with Crippen molar-refractivity contribution in [3.05, 3.63) is 60.4 Å². The van der Waals surface area contributed by atoms with Crippen molar-refractivity contribution in [2.75, 3.05) is 31.2 Å². The molecule has 2 fully saturated rings. The van der Waals surface area contributed by atoms with Gasteiger partial charge >= 0.3 is 6.09 Å². The standard InChI is InChI=1S/C29H31N7O5/c1-41-22-13-18(7-8-21(22)33-27(37)20-14-19(20)17-5-3-2-4-6-17)24-23-25(30)31-16-32-26(23)36(34-24)15-29(40)9-11-35(12-10-29)28(38)39/h2-8,13,16,19-20,40H,9-12,14-15H2,1H3,(H,33,37)(H,38,39)(H2,30,31,32). The normalized spacial score (nSPS) is 19.6. The van der Waals surface area contributed by atoms with Crippen LogP contribution in [0.5, 0.6) is 5.75 Å². The average Bonchev–Trinajstić information content (AvgIpc) is 3.70. The van der Waals surface area contributed by atoms with Gasteiger partial charge in [0, 0.05) is 24.6 Å². The summed E-state index contributed by atoms with van der Waals surface area (Å²) in [5, 5.41) is 28.8. The van der Waals surface area contributed by atoms with Gasteiger partial charge < -0.3 is 30.9 Å². The van der Waals surface area contributed by atoms with Crippen LogP contribution < -0.4 is 15.8 Å². The summed E-state index contributed by atoms with van der Waals surface area (Å²) in [6.07, 6.45) is 1.69. The van der Waals surface area contributed by atoms with E-state index in [1.165, 1.54) is 18.3 Å². The van der Waals surface area contributed by atoms with E-state index in [0.29, 0.717) is 33.7 Å². The number of hydrogen-bond donors (Lipinski definition) is 4. The Morgan fingerprint density at radius 1 is 1.15 bits per heavy atom. The second-order valence-corrected chi connectivity index (χ2v) is 10.7. The largest absolute Gasteiger partial charge is 0.495 e. The Bertz CT molecular complexity index is 1610. The van der Waals surface area contributed by atoms with E-state index in [1.807, 2.05) is 36.4 Å². The van der Waals surface area contributed by atoms with Crippen molar-refractivity contribution in [2.24, 2.45) is 5.92 Å². The minimum absolute atomic E-state index is 0.0561. The number of fused-ring (bicyclic) bond motifs is 1. The van der Waals surface area contributed by atoms with Gasteiger partial charge in [0.05, 0.1) is 30.3 Å². The Morgan fingerprint density at radius 2 is 1.90 bits per heavy atom. The van der Waals surface area contributed by atoms with Crippen LogP contribution in [0.3, 0.4) is 0 Å².